The summed E-state index contributed by atoms with van der Waals surface area (Å²) in [7, 11) is 0. The van der Waals surface area contributed by atoms with Gasteiger partial charge in [-0.3, -0.25) is 4.79 Å². The Balaban J connectivity index is 1.59. The summed E-state index contributed by atoms with van der Waals surface area (Å²) in [5.74, 6) is -0.527. The molecule has 1 saturated carbocycles. The quantitative estimate of drug-likeness (QED) is 0.368. The molecule has 0 unspecified atom stereocenters. The second-order valence-electron chi connectivity index (χ2n) is 8.87. The third kappa shape index (κ3) is 5.10. The van der Waals surface area contributed by atoms with Gasteiger partial charge in [-0.1, -0.05) is 0 Å². The molecule has 0 spiro atoms. The SMILES string of the molecule is Cc1ccnc(Nc2cc(C)c(Br)c(-c3cnc([C@](C)(O)[C@H]4CC[C@H](C(=O)O)CC4)s3)c2)n1. The molecule has 1 aliphatic rings. The van der Waals surface area contributed by atoms with Crippen LogP contribution in [0.3, 0.4) is 0 Å². The number of carboxylic acid groups (broad SMARTS) is 1. The van der Waals surface area contributed by atoms with Crippen LogP contribution in [0.2, 0.25) is 0 Å². The van der Waals surface area contributed by atoms with Crippen LogP contribution >= 0.6 is 27.3 Å². The number of carbonyl (C=O) groups is 1. The molecular weight excluding hydrogens is 504 g/mol. The van der Waals surface area contributed by atoms with Crippen LogP contribution in [0.15, 0.2) is 35.1 Å². The number of hydrogen-bond acceptors (Lipinski definition) is 7. The number of halogens is 1. The van der Waals surface area contributed by atoms with E-state index in [1.807, 2.05) is 32.0 Å². The minimum absolute atomic E-state index is 0.0104. The number of hydrogen-bond donors (Lipinski definition) is 3. The number of rotatable bonds is 6. The summed E-state index contributed by atoms with van der Waals surface area (Å²) in [6.07, 6.45) is 6.06. The molecule has 0 aliphatic heterocycles. The Morgan fingerprint density at radius 2 is 1.94 bits per heavy atom. The Bertz CT molecular complexity index is 1170. The number of nitrogens with one attached hydrogen (secondary N) is 1. The average Bonchev–Trinajstić information content (AvgIpc) is 3.27. The number of carboxylic acids is 1. The molecule has 0 amide bonds. The van der Waals surface area contributed by atoms with Crippen molar-refractivity contribution in [2.45, 2.75) is 52.1 Å². The normalized spacial score (nSPS) is 20.3. The van der Waals surface area contributed by atoms with Crippen LogP contribution in [-0.4, -0.2) is 31.1 Å². The lowest BCUT2D eigenvalue weighted by atomic mass is 9.74. The average molecular weight is 531 g/mol. The Hall–Kier alpha value is -2.36. The van der Waals surface area contributed by atoms with Gasteiger partial charge in [-0.2, -0.15) is 0 Å². The Morgan fingerprint density at radius 1 is 1.21 bits per heavy atom. The van der Waals surface area contributed by atoms with Gasteiger partial charge >= 0.3 is 5.97 Å². The summed E-state index contributed by atoms with van der Waals surface area (Å²) in [5, 5.41) is 24.5. The number of benzene rings is 1. The van der Waals surface area contributed by atoms with Crippen LogP contribution in [0.25, 0.3) is 10.4 Å². The molecule has 0 bridgehead atoms. The summed E-state index contributed by atoms with van der Waals surface area (Å²) in [6.45, 7) is 5.74. The lowest BCUT2D eigenvalue weighted by Crippen LogP contribution is -2.35. The number of aliphatic hydroxyl groups is 1. The van der Waals surface area contributed by atoms with Crippen molar-refractivity contribution in [1.82, 2.24) is 15.0 Å². The predicted octanol–water partition coefficient (Wildman–Crippen LogP) is 5.82. The fourth-order valence-corrected chi connectivity index (χ4v) is 6.01. The molecule has 33 heavy (non-hydrogen) atoms. The maximum absolute atomic E-state index is 11.4. The Labute approximate surface area is 205 Å². The van der Waals surface area contributed by atoms with E-state index in [-0.39, 0.29) is 11.8 Å². The van der Waals surface area contributed by atoms with Crippen molar-refractivity contribution < 1.29 is 15.0 Å². The summed E-state index contributed by atoms with van der Waals surface area (Å²) in [6, 6.07) is 5.90. The number of aliphatic carboxylic acids is 1. The second kappa shape index (κ2) is 9.48. The molecular formula is C24H27BrN4O3S. The van der Waals surface area contributed by atoms with Gasteiger partial charge in [-0.25, -0.2) is 15.0 Å². The smallest absolute Gasteiger partial charge is 0.306 e. The lowest BCUT2D eigenvalue weighted by Gasteiger charge is -2.35. The highest BCUT2D eigenvalue weighted by Crippen LogP contribution is 2.44. The molecule has 4 rings (SSSR count). The van der Waals surface area contributed by atoms with Gasteiger partial charge in [-0.15, -0.1) is 11.3 Å². The first-order chi connectivity index (χ1) is 15.6. The number of aromatic nitrogens is 3. The van der Waals surface area contributed by atoms with E-state index < -0.39 is 11.6 Å². The number of thiazole rings is 1. The monoisotopic (exact) mass is 530 g/mol. The minimum Gasteiger partial charge on any atom is -0.481 e. The van der Waals surface area contributed by atoms with Gasteiger partial charge < -0.3 is 15.5 Å². The van der Waals surface area contributed by atoms with Crippen molar-refractivity contribution in [3.8, 4) is 10.4 Å². The van der Waals surface area contributed by atoms with E-state index in [1.165, 1.54) is 11.3 Å². The van der Waals surface area contributed by atoms with E-state index in [9.17, 15) is 15.0 Å². The van der Waals surface area contributed by atoms with Gasteiger partial charge in [0.05, 0.1) is 10.8 Å². The predicted molar refractivity (Wildman–Crippen MR) is 133 cm³/mol. The molecule has 2 aromatic heterocycles. The summed E-state index contributed by atoms with van der Waals surface area (Å²) in [4.78, 5) is 25.5. The standard InChI is InChI=1S/C24H27BrN4O3S/c1-13-10-17(29-23-26-9-8-14(2)28-23)11-18(20(13)25)19-12-27-22(33-19)24(3,32)16-6-4-15(5-7-16)21(30)31/h8-12,15-16,32H,4-7H2,1-3H3,(H,30,31)(H,26,28,29)/t15-,16-,24-/m1/s1. The van der Waals surface area contributed by atoms with E-state index in [2.05, 4.69) is 36.2 Å². The van der Waals surface area contributed by atoms with E-state index in [4.69, 9.17) is 0 Å². The summed E-state index contributed by atoms with van der Waals surface area (Å²) >= 11 is 5.17. The molecule has 7 nitrogen and oxygen atoms in total. The van der Waals surface area contributed by atoms with Crippen LogP contribution in [0.5, 0.6) is 0 Å². The first kappa shape index (κ1) is 23.8. The van der Waals surface area contributed by atoms with Crippen LogP contribution in [-0.2, 0) is 10.4 Å². The van der Waals surface area contributed by atoms with Crippen molar-refractivity contribution in [2.24, 2.45) is 11.8 Å². The zero-order valence-corrected chi connectivity index (χ0v) is 21.2. The second-order valence-corrected chi connectivity index (χ2v) is 10.7. The fraction of sp³-hybridized carbons (Fsp3) is 0.417. The molecule has 174 valence electrons. The first-order valence-corrected chi connectivity index (χ1v) is 12.5. The van der Waals surface area contributed by atoms with Crippen LogP contribution < -0.4 is 5.32 Å². The van der Waals surface area contributed by atoms with Crippen LogP contribution in [0.1, 0.15) is 48.9 Å². The van der Waals surface area contributed by atoms with Crippen molar-refractivity contribution in [1.29, 1.82) is 0 Å². The van der Waals surface area contributed by atoms with E-state index in [0.717, 1.165) is 31.9 Å². The molecule has 2 heterocycles. The summed E-state index contributed by atoms with van der Waals surface area (Å²) < 4.78 is 0.968. The molecule has 0 radical (unpaired) electrons. The van der Waals surface area contributed by atoms with Crippen molar-refractivity contribution in [2.75, 3.05) is 5.32 Å². The molecule has 1 atom stereocenters. The van der Waals surface area contributed by atoms with Crippen molar-refractivity contribution >= 4 is 44.9 Å². The zero-order valence-electron chi connectivity index (χ0n) is 18.8. The van der Waals surface area contributed by atoms with Crippen molar-refractivity contribution in [3.05, 3.63) is 51.3 Å². The topological polar surface area (TPSA) is 108 Å². The molecule has 1 aliphatic carbocycles. The third-order valence-corrected chi connectivity index (χ3v) is 8.69. The summed E-state index contributed by atoms with van der Waals surface area (Å²) in [5.41, 5.74) is 2.67. The maximum Gasteiger partial charge on any atom is 0.306 e. The van der Waals surface area contributed by atoms with Gasteiger partial charge in [0.15, 0.2) is 0 Å². The van der Waals surface area contributed by atoms with Gasteiger partial charge in [0.1, 0.15) is 10.6 Å². The van der Waals surface area contributed by atoms with Crippen molar-refractivity contribution in [3.63, 3.8) is 0 Å². The first-order valence-electron chi connectivity index (χ1n) is 10.9. The molecule has 1 fully saturated rings. The highest BCUT2D eigenvalue weighted by atomic mass is 79.9. The molecule has 3 aromatic rings. The van der Waals surface area contributed by atoms with E-state index in [0.29, 0.717) is 36.6 Å². The highest BCUT2D eigenvalue weighted by molar-refractivity contribution is 9.10. The lowest BCUT2D eigenvalue weighted by molar-refractivity contribution is -0.144. The van der Waals surface area contributed by atoms with E-state index in [1.54, 1.807) is 19.3 Å². The zero-order chi connectivity index (χ0) is 23.8. The van der Waals surface area contributed by atoms with Crippen LogP contribution in [0.4, 0.5) is 11.6 Å². The molecule has 1 aromatic carbocycles. The largest absolute Gasteiger partial charge is 0.481 e. The van der Waals surface area contributed by atoms with Gasteiger partial charge in [0.2, 0.25) is 5.95 Å². The van der Waals surface area contributed by atoms with Gasteiger partial charge in [-0.05, 0) is 92.1 Å². The Kier molecular flexibility index (Phi) is 6.83. The molecule has 0 saturated heterocycles. The number of aryl methyl sites for hydroxylation is 2. The highest BCUT2D eigenvalue weighted by Gasteiger charge is 2.40. The number of nitrogens with zero attached hydrogens (tertiary/aromatic N) is 3. The van der Waals surface area contributed by atoms with Gasteiger partial charge in [0, 0.05) is 33.8 Å². The third-order valence-electron chi connectivity index (χ3n) is 6.38. The fourth-order valence-electron chi connectivity index (χ4n) is 4.37. The molecule has 3 N–H and O–H groups in total. The van der Waals surface area contributed by atoms with Gasteiger partial charge in [0.25, 0.3) is 0 Å². The molecule has 9 heteroatoms. The van der Waals surface area contributed by atoms with Crippen LogP contribution in [0, 0.1) is 25.7 Å². The number of anilines is 2. The minimum atomic E-state index is -1.10. The maximum atomic E-state index is 11.4. The Morgan fingerprint density at radius 3 is 2.61 bits per heavy atom. The van der Waals surface area contributed by atoms with E-state index >= 15 is 0 Å².